The van der Waals surface area contributed by atoms with Crippen LogP contribution in [0.1, 0.15) is 26.2 Å². The highest BCUT2D eigenvalue weighted by Crippen LogP contribution is 2.27. The maximum Gasteiger partial charge on any atom is 0.325 e. The van der Waals surface area contributed by atoms with Gasteiger partial charge in [-0.25, -0.2) is 0 Å². The number of carboxylic acids is 1. The normalized spacial score (nSPS) is 28.3. The highest BCUT2D eigenvalue weighted by molar-refractivity contribution is 5.81. The molecule has 3 N–H and O–H groups in total. The van der Waals surface area contributed by atoms with Crippen molar-refractivity contribution in [1.29, 1.82) is 0 Å². The fourth-order valence-corrected chi connectivity index (χ4v) is 2.53. The van der Waals surface area contributed by atoms with Gasteiger partial charge in [-0.05, 0) is 26.2 Å². The van der Waals surface area contributed by atoms with Crippen LogP contribution in [0.25, 0.3) is 0 Å². The second-order valence-electron chi connectivity index (χ2n) is 5.33. The molecular weight excluding hydrogens is 234 g/mol. The molecular formula is C12H21N3O3. The minimum atomic E-state index is -1.18. The third-order valence-corrected chi connectivity index (χ3v) is 3.81. The molecule has 102 valence electrons. The van der Waals surface area contributed by atoms with Crippen molar-refractivity contribution in [3.05, 3.63) is 0 Å². The van der Waals surface area contributed by atoms with E-state index < -0.39 is 11.5 Å². The van der Waals surface area contributed by atoms with E-state index in [9.17, 15) is 9.59 Å². The minimum absolute atomic E-state index is 0.0923. The van der Waals surface area contributed by atoms with Gasteiger partial charge in [0, 0.05) is 25.7 Å². The smallest absolute Gasteiger partial charge is 0.325 e. The molecule has 2 rings (SSSR count). The van der Waals surface area contributed by atoms with Crippen LogP contribution >= 0.6 is 0 Å². The number of carbonyl (C=O) groups is 2. The largest absolute Gasteiger partial charge is 0.480 e. The van der Waals surface area contributed by atoms with Gasteiger partial charge < -0.3 is 15.7 Å². The molecule has 6 nitrogen and oxygen atoms in total. The van der Waals surface area contributed by atoms with Crippen molar-refractivity contribution in [3.63, 3.8) is 0 Å². The zero-order chi connectivity index (χ0) is 13.3. The van der Waals surface area contributed by atoms with Crippen LogP contribution < -0.4 is 5.73 Å². The monoisotopic (exact) mass is 255 g/mol. The number of rotatable bonds is 5. The molecule has 0 bridgehead atoms. The number of carboxylic acid groups (broad SMARTS) is 1. The second-order valence-corrected chi connectivity index (χ2v) is 5.33. The summed E-state index contributed by atoms with van der Waals surface area (Å²) in [6, 6.07) is 0.409. The zero-order valence-electron chi connectivity index (χ0n) is 10.8. The molecule has 6 heteroatoms. The van der Waals surface area contributed by atoms with Crippen molar-refractivity contribution < 1.29 is 14.7 Å². The first kappa shape index (κ1) is 13.3. The van der Waals surface area contributed by atoms with Gasteiger partial charge in [0.15, 0.2) is 0 Å². The summed E-state index contributed by atoms with van der Waals surface area (Å²) >= 11 is 0. The van der Waals surface area contributed by atoms with Crippen LogP contribution in [0, 0.1) is 0 Å². The number of hydrogen-bond donors (Lipinski definition) is 2. The molecule has 18 heavy (non-hydrogen) atoms. The van der Waals surface area contributed by atoms with Crippen molar-refractivity contribution in [3.8, 4) is 0 Å². The number of nitrogens with zero attached hydrogens (tertiary/aromatic N) is 2. The van der Waals surface area contributed by atoms with Crippen molar-refractivity contribution >= 4 is 11.9 Å². The molecule has 2 fully saturated rings. The Bertz CT molecular complexity index is 356. The predicted molar refractivity (Wildman–Crippen MR) is 66.0 cm³/mol. The Morgan fingerprint density at radius 2 is 2.17 bits per heavy atom. The second kappa shape index (κ2) is 4.85. The number of aliphatic carboxylic acids is 1. The zero-order valence-corrected chi connectivity index (χ0v) is 10.8. The number of hydrogen-bond acceptors (Lipinski definition) is 4. The topological polar surface area (TPSA) is 86.9 Å². The van der Waals surface area contributed by atoms with Crippen LogP contribution in [-0.2, 0) is 9.59 Å². The average Bonchev–Trinajstić information content (AvgIpc) is 3.05. The van der Waals surface area contributed by atoms with Gasteiger partial charge in [0.25, 0.3) is 0 Å². The fourth-order valence-electron chi connectivity index (χ4n) is 2.53. The molecule has 1 amide bonds. The van der Waals surface area contributed by atoms with Crippen LogP contribution in [0.4, 0.5) is 0 Å². The highest BCUT2D eigenvalue weighted by atomic mass is 16.4. The lowest BCUT2D eigenvalue weighted by Crippen LogP contribution is -2.51. The van der Waals surface area contributed by atoms with E-state index >= 15 is 0 Å². The lowest BCUT2D eigenvalue weighted by atomic mass is 10.0. The highest BCUT2D eigenvalue weighted by Gasteiger charge is 2.42. The van der Waals surface area contributed by atoms with Crippen molar-refractivity contribution in [2.75, 3.05) is 26.2 Å². The third-order valence-electron chi connectivity index (χ3n) is 3.81. The molecule has 1 aliphatic heterocycles. The van der Waals surface area contributed by atoms with Crippen molar-refractivity contribution in [2.45, 2.75) is 37.8 Å². The van der Waals surface area contributed by atoms with Gasteiger partial charge in [0.1, 0.15) is 5.54 Å². The van der Waals surface area contributed by atoms with Crippen LogP contribution in [0.15, 0.2) is 0 Å². The van der Waals surface area contributed by atoms with Gasteiger partial charge in [-0.3, -0.25) is 14.5 Å². The molecule has 0 aromatic heterocycles. The molecule has 2 aliphatic rings. The summed E-state index contributed by atoms with van der Waals surface area (Å²) in [5, 5.41) is 9.03. The lowest BCUT2D eigenvalue weighted by molar-refractivity contribution is -0.143. The Balaban J connectivity index is 1.87. The Labute approximate surface area is 107 Å². The van der Waals surface area contributed by atoms with Gasteiger partial charge in [-0.2, -0.15) is 0 Å². The summed E-state index contributed by atoms with van der Waals surface area (Å²) in [5.41, 5.74) is 4.60. The first-order chi connectivity index (χ1) is 8.46. The summed E-state index contributed by atoms with van der Waals surface area (Å²) in [6.45, 7) is 3.83. The SMILES string of the molecule is CCN(C(=O)CN1CCC(N)(C(=O)O)C1)C1CC1. The number of likely N-dealkylation sites (N-methyl/N-ethyl adjacent to an activating group) is 1. The number of amides is 1. The van der Waals surface area contributed by atoms with Crippen molar-refractivity contribution in [1.82, 2.24) is 9.80 Å². The molecule has 0 radical (unpaired) electrons. The third kappa shape index (κ3) is 2.64. The maximum absolute atomic E-state index is 12.1. The van der Waals surface area contributed by atoms with E-state index in [0.29, 0.717) is 19.0 Å². The van der Waals surface area contributed by atoms with Crippen LogP contribution in [0.2, 0.25) is 0 Å². The molecule has 1 saturated carbocycles. The fraction of sp³-hybridized carbons (Fsp3) is 0.833. The predicted octanol–water partition coefficient (Wildman–Crippen LogP) is -0.515. The van der Waals surface area contributed by atoms with E-state index in [1.54, 1.807) is 0 Å². The van der Waals surface area contributed by atoms with E-state index in [-0.39, 0.29) is 19.0 Å². The van der Waals surface area contributed by atoms with E-state index in [4.69, 9.17) is 10.8 Å². The van der Waals surface area contributed by atoms with E-state index in [1.165, 1.54) is 0 Å². The average molecular weight is 255 g/mol. The first-order valence-electron chi connectivity index (χ1n) is 6.50. The molecule has 1 saturated heterocycles. The van der Waals surface area contributed by atoms with Gasteiger partial charge in [0.2, 0.25) is 5.91 Å². The maximum atomic E-state index is 12.1. The summed E-state index contributed by atoms with van der Waals surface area (Å²) < 4.78 is 0. The molecule has 0 spiro atoms. The van der Waals surface area contributed by atoms with Gasteiger partial charge in [-0.15, -0.1) is 0 Å². The number of carbonyl (C=O) groups excluding carboxylic acids is 1. The molecule has 0 aromatic rings. The Morgan fingerprint density at radius 3 is 2.61 bits per heavy atom. The van der Waals surface area contributed by atoms with Crippen LogP contribution in [0.5, 0.6) is 0 Å². The summed E-state index contributed by atoms with van der Waals surface area (Å²) in [7, 11) is 0. The Morgan fingerprint density at radius 1 is 1.50 bits per heavy atom. The van der Waals surface area contributed by atoms with E-state index in [0.717, 1.165) is 19.4 Å². The first-order valence-corrected chi connectivity index (χ1v) is 6.50. The van der Waals surface area contributed by atoms with Crippen LogP contribution in [0.3, 0.4) is 0 Å². The van der Waals surface area contributed by atoms with Gasteiger partial charge in [0.05, 0.1) is 6.54 Å². The number of nitrogens with two attached hydrogens (primary N) is 1. The molecule has 1 unspecified atom stereocenters. The minimum Gasteiger partial charge on any atom is -0.480 e. The molecule has 1 atom stereocenters. The molecule has 1 heterocycles. The van der Waals surface area contributed by atoms with E-state index in [1.807, 2.05) is 16.7 Å². The quantitative estimate of drug-likeness (QED) is 0.690. The summed E-state index contributed by atoms with van der Waals surface area (Å²) in [5.74, 6) is -0.887. The van der Waals surface area contributed by atoms with Crippen molar-refractivity contribution in [2.24, 2.45) is 5.73 Å². The molecule has 0 aromatic carbocycles. The summed E-state index contributed by atoms with van der Waals surface area (Å²) in [6.07, 6.45) is 2.59. The number of likely N-dealkylation sites (tertiary alicyclic amines) is 1. The Kier molecular flexibility index (Phi) is 3.59. The van der Waals surface area contributed by atoms with E-state index in [2.05, 4.69) is 0 Å². The molecule has 1 aliphatic carbocycles. The lowest BCUT2D eigenvalue weighted by Gasteiger charge is -2.24. The van der Waals surface area contributed by atoms with Gasteiger partial charge >= 0.3 is 5.97 Å². The standard InChI is InChI=1S/C12H21N3O3/c1-2-15(9-3-4-9)10(16)7-14-6-5-12(13,8-14)11(17)18/h9H,2-8,13H2,1H3,(H,17,18). The summed E-state index contributed by atoms with van der Waals surface area (Å²) in [4.78, 5) is 26.8. The Hall–Kier alpha value is -1.14. The van der Waals surface area contributed by atoms with Crippen LogP contribution in [-0.4, -0.2) is 64.5 Å². The van der Waals surface area contributed by atoms with Gasteiger partial charge in [-0.1, -0.05) is 0 Å².